The predicted octanol–water partition coefficient (Wildman–Crippen LogP) is 5.33. The van der Waals surface area contributed by atoms with Gasteiger partial charge >= 0.3 is 6.03 Å². The molecule has 1 aromatic heterocycles. The summed E-state index contributed by atoms with van der Waals surface area (Å²) in [6.45, 7) is 6.20. The highest BCUT2D eigenvalue weighted by atomic mass is 32.2. The number of sulfonamides is 1. The molecule has 0 radical (unpaired) electrons. The molecule has 14 heteroatoms. The Morgan fingerprint density at radius 3 is 2.63 bits per heavy atom. The third-order valence-corrected chi connectivity index (χ3v) is 10.4. The van der Waals surface area contributed by atoms with E-state index in [9.17, 15) is 23.1 Å². The number of hydrogen-bond donors (Lipinski definition) is 3. The molecule has 4 aromatic rings. The largest absolute Gasteiger partial charge is 0.490 e. The zero-order chi connectivity index (χ0) is 36.7. The lowest BCUT2D eigenvalue weighted by Crippen LogP contribution is -2.48. The van der Waals surface area contributed by atoms with Gasteiger partial charge in [-0.2, -0.15) is 8.42 Å². The van der Waals surface area contributed by atoms with E-state index >= 15 is 0 Å². The number of anilines is 2. The van der Waals surface area contributed by atoms with Gasteiger partial charge < -0.3 is 34.3 Å². The van der Waals surface area contributed by atoms with Gasteiger partial charge in [0.25, 0.3) is 15.9 Å². The summed E-state index contributed by atoms with van der Waals surface area (Å²) in [5.74, 6) is -0.402. The molecule has 1 aliphatic heterocycles. The predicted molar refractivity (Wildman–Crippen MR) is 196 cm³/mol. The number of aryl methyl sites for hydroxylation is 1. The van der Waals surface area contributed by atoms with Gasteiger partial charge in [-0.25, -0.2) is 9.78 Å². The topological polar surface area (TPSA) is 155 Å². The van der Waals surface area contributed by atoms with Crippen LogP contribution in [0.2, 0.25) is 0 Å². The minimum absolute atomic E-state index is 0.150. The molecule has 3 amide bonds. The van der Waals surface area contributed by atoms with Crippen molar-refractivity contribution in [3.8, 4) is 5.75 Å². The highest BCUT2D eigenvalue weighted by Crippen LogP contribution is 2.30. The van der Waals surface area contributed by atoms with Crippen molar-refractivity contribution in [1.82, 2.24) is 19.4 Å². The van der Waals surface area contributed by atoms with Crippen LogP contribution in [0.25, 0.3) is 10.8 Å². The van der Waals surface area contributed by atoms with Crippen molar-refractivity contribution >= 4 is 44.1 Å². The Hall–Kier alpha value is -4.66. The molecule has 0 fully saturated rings. The summed E-state index contributed by atoms with van der Waals surface area (Å²) in [5.41, 5.74) is 1.02. The van der Waals surface area contributed by atoms with Crippen LogP contribution in [0.5, 0.6) is 5.75 Å². The van der Waals surface area contributed by atoms with Crippen LogP contribution in [-0.2, 0) is 21.8 Å². The van der Waals surface area contributed by atoms with Crippen molar-refractivity contribution < 1.29 is 32.6 Å². The fraction of sp³-hybridized carbons (Fsp3) is 0.432. The maximum atomic E-state index is 14.4. The number of nitrogens with one attached hydrogen (secondary N) is 2. The third-order valence-electron chi connectivity index (χ3n) is 9.09. The summed E-state index contributed by atoms with van der Waals surface area (Å²) >= 11 is 0. The molecule has 0 saturated heterocycles. The first-order chi connectivity index (χ1) is 24.4. The van der Waals surface area contributed by atoms with Crippen LogP contribution in [0.3, 0.4) is 0 Å². The Bertz CT molecular complexity index is 1930. The Kier molecular flexibility index (Phi) is 12.2. The normalized spacial score (nSPS) is 19.8. The number of aromatic nitrogens is 2. The van der Waals surface area contributed by atoms with Crippen LogP contribution in [0, 0.1) is 5.92 Å². The van der Waals surface area contributed by atoms with Gasteiger partial charge in [0.05, 0.1) is 42.4 Å². The van der Waals surface area contributed by atoms with Crippen molar-refractivity contribution in [1.29, 1.82) is 0 Å². The highest BCUT2D eigenvalue weighted by molar-refractivity contribution is 7.92. The fourth-order valence-corrected chi connectivity index (χ4v) is 7.11. The number of aliphatic hydroxyl groups excluding tert-OH is 1. The Morgan fingerprint density at radius 1 is 1.12 bits per heavy atom. The Morgan fingerprint density at radius 2 is 1.88 bits per heavy atom. The van der Waals surface area contributed by atoms with Crippen LogP contribution in [0.4, 0.5) is 16.2 Å². The number of benzene rings is 3. The number of carbonyl (C=O) groups is 2. The summed E-state index contributed by atoms with van der Waals surface area (Å²) in [4.78, 5) is 35.0. The van der Waals surface area contributed by atoms with Crippen LogP contribution >= 0.6 is 0 Å². The fourth-order valence-electron chi connectivity index (χ4n) is 6.08. The van der Waals surface area contributed by atoms with Crippen LogP contribution < -0.4 is 14.8 Å². The van der Waals surface area contributed by atoms with E-state index in [0.717, 1.165) is 23.6 Å². The van der Waals surface area contributed by atoms with E-state index in [2.05, 4.69) is 15.0 Å². The first-order valence-corrected chi connectivity index (χ1v) is 18.7. The van der Waals surface area contributed by atoms with Crippen molar-refractivity contribution in [3.05, 3.63) is 78.8 Å². The van der Waals surface area contributed by atoms with E-state index < -0.39 is 28.1 Å². The van der Waals surface area contributed by atoms with Crippen LogP contribution in [0.15, 0.2) is 78.2 Å². The van der Waals surface area contributed by atoms with Gasteiger partial charge in [0.1, 0.15) is 5.75 Å². The van der Waals surface area contributed by atoms with E-state index in [1.165, 1.54) is 23.2 Å². The van der Waals surface area contributed by atoms with E-state index in [0.29, 0.717) is 24.5 Å². The molecular formula is C37H48N6O7S. The molecule has 0 unspecified atom stereocenters. The number of ether oxygens (including phenoxy) is 2. The number of fused-ring (bicyclic) bond motifs is 2. The van der Waals surface area contributed by atoms with Crippen LogP contribution in [-0.4, -0.2) is 96.4 Å². The van der Waals surface area contributed by atoms with Crippen molar-refractivity contribution in [2.75, 3.05) is 43.4 Å². The van der Waals surface area contributed by atoms with Gasteiger partial charge in [0, 0.05) is 57.0 Å². The quantitative estimate of drug-likeness (QED) is 0.221. The minimum Gasteiger partial charge on any atom is -0.490 e. The number of amides is 3. The molecule has 0 saturated carbocycles. The SMILES string of the molecule is C[C@@H]1CCCCO[C@H](CN(C)C(=O)Nc2cccc3ccccc23)[C@@H](C)CN([C@@H](C)CO)C(=O)c2cc(NS(=O)(=O)c3cn(C)cn3)ccc2O1. The van der Waals surface area contributed by atoms with Gasteiger partial charge in [-0.15, -0.1) is 0 Å². The molecule has 5 rings (SSSR count). The second kappa shape index (κ2) is 16.6. The maximum Gasteiger partial charge on any atom is 0.321 e. The lowest BCUT2D eigenvalue weighted by molar-refractivity contribution is -0.0115. The number of likely N-dealkylation sites (N-methyl/N-ethyl adjacent to an activating group) is 1. The molecule has 3 aromatic carbocycles. The first-order valence-electron chi connectivity index (χ1n) is 17.2. The summed E-state index contributed by atoms with van der Waals surface area (Å²) in [6.07, 6.45) is 4.33. The second-order valence-electron chi connectivity index (χ2n) is 13.3. The summed E-state index contributed by atoms with van der Waals surface area (Å²) in [6, 6.07) is 17.3. The summed E-state index contributed by atoms with van der Waals surface area (Å²) in [7, 11) is -0.657. The molecule has 3 N–H and O–H groups in total. The number of carbonyl (C=O) groups excluding carboxylic acids is 2. The Labute approximate surface area is 299 Å². The first kappa shape index (κ1) is 37.6. The average Bonchev–Trinajstić information content (AvgIpc) is 3.56. The molecule has 0 spiro atoms. The van der Waals surface area contributed by atoms with Gasteiger partial charge in [-0.1, -0.05) is 43.3 Å². The summed E-state index contributed by atoms with van der Waals surface area (Å²) < 4.78 is 42.9. The second-order valence-corrected chi connectivity index (χ2v) is 15.0. The zero-order valence-electron chi connectivity index (χ0n) is 29.8. The molecule has 274 valence electrons. The number of aliphatic hydroxyl groups is 1. The monoisotopic (exact) mass is 720 g/mol. The van der Waals surface area contributed by atoms with Crippen molar-refractivity contribution in [2.24, 2.45) is 13.0 Å². The molecule has 0 aliphatic carbocycles. The molecule has 51 heavy (non-hydrogen) atoms. The lowest BCUT2D eigenvalue weighted by Gasteiger charge is -2.35. The zero-order valence-corrected chi connectivity index (χ0v) is 30.6. The molecule has 4 atom stereocenters. The summed E-state index contributed by atoms with van der Waals surface area (Å²) in [5, 5.41) is 15.1. The number of hydrogen-bond acceptors (Lipinski definition) is 8. The van der Waals surface area contributed by atoms with E-state index in [1.54, 1.807) is 43.0 Å². The third kappa shape index (κ3) is 9.37. The standard InChI is InChI=1S/C37H48N6O7S/c1-25-20-43(26(2)23-44)36(45)31-19-29(40-51(47,48)35-22-41(4)24-38-35)16-17-33(31)50-27(3)11-8-9-18-49-34(25)21-42(5)37(46)39-32-15-10-13-28-12-6-7-14-30(28)32/h6-7,10,12-17,19,22,24-27,34,40,44H,8-9,11,18,20-21,23H2,1-5H3,(H,39,46)/t25-,26-,27+,34+/m0/s1. The molecule has 0 bridgehead atoms. The number of rotatable bonds is 8. The number of urea groups is 1. The maximum absolute atomic E-state index is 14.4. The van der Waals surface area contributed by atoms with Gasteiger partial charge in [-0.05, 0) is 62.8 Å². The average molecular weight is 721 g/mol. The van der Waals surface area contributed by atoms with Gasteiger partial charge in [0.2, 0.25) is 0 Å². The molecule has 2 heterocycles. The highest BCUT2D eigenvalue weighted by Gasteiger charge is 2.31. The Balaban J connectivity index is 1.40. The van der Waals surface area contributed by atoms with E-state index in [1.807, 2.05) is 56.3 Å². The number of nitrogens with zero attached hydrogens (tertiary/aromatic N) is 4. The molecule has 13 nitrogen and oxygen atoms in total. The van der Waals surface area contributed by atoms with Crippen molar-refractivity contribution in [3.63, 3.8) is 0 Å². The minimum atomic E-state index is -4.04. The number of imidazole rings is 1. The molecular weight excluding hydrogens is 673 g/mol. The van der Waals surface area contributed by atoms with Gasteiger partial charge in [-0.3, -0.25) is 9.52 Å². The van der Waals surface area contributed by atoms with Crippen molar-refractivity contribution in [2.45, 2.75) is 63.3 Å². The molecule has 1 aliphatic rings. The smallest absolute Gasteiger partial charge is 0.321 e. The van der Waals surface area contributed by atoms with E-state index in [4.69, 9.17) is 9.47 Å². The van der Waals surface area contributed by atoms with Crippen LogP contribution in [0.1, 0.15) is 50.4 Å². The lowest BCUT2D eigenvalue weighted by atomic mass is 10.0. The van der Waals surface area contributed by atoms with Gasteiger partial charge in [0.15, 0.2) is 5.03 Å². The van der Waals surface area contributed by atoms with E-state index in [-0.39, 0.29) is 54.0 Å².